The SMILES string of the molecule is CC1(c2ccc(Cl)s2)c2ccsc2-c2sccc21.CC1(c2ccc3ccccc3c2)c2ccsc2-c2sccc21.CC1(c2ccc[nH]2)c2ccsc2-c2sccc21.CC1(c2ccccn2)c2ccsc2-c2sccc21.CC1(c2cccs2)c2ccsc2-c2sccc21.Nc1ccccc1C1(c2ccccc2)c2ccsc2-c2sccc21.c1ccc(C2(c3ccccn3)c3ccsc3-c3sccc32)cc1. The molecule has 0 fully saturated rings. The molecule has 7 aliphatic carbocycles. The van der Waals surface area contributed by atoms with Crippen LogP contribution in [-0.2, 0) is 37.9 Å². The maximum Gasteiger partial charge on any atom is 0.0931 e. The summed E-state index contributed by atoms with van der Waals surface area (Å²) in [5.41, 5.74) is 35.3. The first-order valence-electron chi connectivity index (χ1n) is 45.6. The molecule has 0 spiro atoms. The van der Waals surface area contributed by atoms with Crippen molar-refractivity contribution >= 4 is 209 Å². The number of benzene rings is 5. The number of aromatic nitrogens is 3. The Kier molecular flexibility index (Phi) is 23.0. The van der Waals surface area contributed by atoms with E-state index in [-0.39, 0.29) is 37.9 Å². The molecule has 4 nitrogen and oxygen atoms in total. The first-order chi connectivity index (χ1) is 68.2. The Morgan fingerprint density at radius 2 is 0.583 bits per heavy atom. The minimum Gasteiger partial charge on any atom is -0.398 e. The predicted octanol–water partition coefficient (Wildman–Crippen LogP) is 37.7. The number of rotatable bonds is 9. The Morgan fingerprint density at radius 3 is 0.964 bits per heavy atom. The summed E-state index contributed by atoms with van der Waals surface area (Å²) < 4.78 is 0.867. The van der Waals surface area contributed by atoms with Crippen LogP contribution < -0.4 is 5.73 Å². The number of nitrogens with one attached hydrogen (secondary N) is 1. The van der Waals surface area contributed by atoms with E-state index in [0.29, 0.717) is 0 Å². The molecule has 139 heavy (non-hydrogen) atoms. The largest absolute Gasteiger partial charge is 0.398 e. The predicted molar refractivity (Wildman–Crippen MR) is 610 cm³/mol. The van der Waals surface area contributed by atoms with Crippen LogP contribution in [0.25, 0.3) is 79.1 Å². The van der Waals surface area contributed by atoms with Crippen LogP contribution in [0.1, 0.15) is 162 Å². The van der Waals surface area contributed by atoms with Crippen molar-refractivity contribution in [3.8, 4) is 68.3 Å². The average molecular weight is 2110 g/mol. The summed E-state index contributed by atoms with van der Waals surface area (Å²) in [5, 5.41) is 35.7. The smallest absolute Gasteiger partial charge is 0.0931 e. The van der Waals surface area contributed by atoms with Crippen molar-refractivity contribution in [1.82, 2.24) is 15.0 Å². The molecule has 31 rings (SSSR count). The molecular weight excluding hydrogens is 2020 g/mol. The lowest BCUT2D eigenvalue weighted by Gasteiger charge is -2.33. The van der Waals surface area contributed by atoms with Crippen molar-refractivity contribution in [3.05, 3.63) is 516 Å². The van der Waals surface area contributed by atoms with Crippen molar-refractivity contribution in [3.63, 3.8) is 0 Å². The fraction of sp³-hybridized carbons (Fsp3) is 0.102. The number of nitrogens with two attached hydrogens (primary N) is 1. The van der Waals surface area contributed by atoms with Gasteiger partial charge in [0.2, 0.25) is 0 Å². The van der Waals surface area contributed by atoms with Crippen LogP contribution in [0.3, 0.4) is 0 Å². The molecule has 5 aromatic carbocycles. The quantitative estimate of drug-likeness (QED) is 0.142. The molecule has 0 amide bonds. The number of halogens is 1. The summed E-state index contributed by atoms with van der Waals surface area (Å²) in [7, 11) is 0. The van der Waals surface area contributed by atoms with Gasteiger partial charge in [0.15, 0.2) is 0 Å². The van der Waals surface area contributed by atoms with E-state index in [1.807, 2.05) is 219 Å². The lowest BCUT2D eigenvalue weighted by molar-refractivity contribution is 0.687. The summed E-state index contributed by atoms with van der Waals surface area (Å²) in [5.74, 6) is 0. The van der Waals surface area contributed by atoms with Gasteiger partial charge in [0, 0.05) is 113 Å². The van der Waals surface area contributed by atoms with Crippen molar-refractivity contribution < 1.29 is 0 Å². The standard InChI is InChI=1S/C21H15NS2.C20H13NS2.C20H14S2.C15H11NS2.C14H9ClS3.C14H11NS2.C14H10S3/c22-18-9-5-4-8-15(18)21(14-6-2-1-3-7-14)16-10-12-23-19(16)20-17(21)11-13-24-20;1-2-6-14(7-3-1)20(17-8-4-5-11-21-17)15-9-12-22-18(15)19-16(20)10-13-23-19;1-20(15-7-6-13-4-2-3-5-14(13)12-15)16-8-10-21-18(16)19-17(20)9-11-22-19;1-15(12-4-2-3-7-16-12)10-5-8-17-13(10)14-11(15)6-9-18-14;1-14(10-2-3-11(15)18-10)8-4-6-16-12(8)13-9(14)5-7-17-13;2*1-14(11-3-2-6-15-11)9-4-7-16-12(9)13-10(14)5-8-17-13/h1-13H,22H2;1-13H;2-12H,1H3;2-9H,1H3;2-7H,1H3;2-8,15H,1H3;2-8H,1H3. The summed E-state index contributed by atoms with van der Waals surface area (Å²) in [6.07, 6.45) is 5.80. The molecule has 0 bridgehead atoms. The van der Waals surface area contributed by atoms with E-state index >= 15 is 0 Å². The molecule has 0 saturated heterocycles. The zero-order valence-electron chi connectivity index (χ0n) is 75.4. The van der Waals surface area contributed by atoms with Crippen LogP contribution in [-0.4, -0.2) is 15.0 Å². The molecule has 19 heterocycles. The normalized spacial score (nSPS) is 15.1. The monoisotopic (exact) mass is 2100 g/mol. The van der Waals surface area contributed by atoms with E-state index in [2.05, 4.69) is 380 Å². The third-order valence-electron chi connectivity index (χ3n) is 29.3. The van der Waals surface area contributed by atoms with Crippen LogP contribution in [0.4, 0.5) is 5.69 Å². The van der Waals surface area contributed by atoms with E-state index in [1.54, 1.807) is 11.3 Å². The Labute approximate surface area is 876 Å². The second-order valence-electron chi connectivity index (χ2n) is 35.9. The molecule has 3 N–H and O–H groups in total. The van der Waals surface area contributed by atoms with Crippen molar-refractivity contribution in [2.24, 2.45) is 0 Å². The van der Waals surface area contributed by atoms with Gasteiger partial charge in [-0.05, 0) is 378 Å². The molecule has 21 heteroatoms. The van der Waals surface area contributed by atoms with Gasteiger partial charge < -0.3 is 10.7 Å². The maximum atomic E-state index is 6.48. The zero-order valence-corrected chi connectivity index (χ0v) is 89.2. The Balaban J connectivity index is 0.0000000861. The molecule has 7 aliphatic rings. The highest BCUT2D eigenvalue weighted by Crippen LogP contribution is 2.66. The lowest BCUT2D eigenvalue weighted by Crippen LogP contribution is -2.29. The number of hydrogen-bond donors (Lipinski definition) is 2. The number of para-hydroxylation sites is 1. The van der Waals surface area contributed by atoms with Gasteiger partial charge in [-0.25, -0.2) is 0 Å². The number of hydrogen-bond acceptors (Lipinski definition) is 19. The van der Waals surface area contributed by atoms with Gasteiger partial charge in [-0.3, -0.25) is 9.97 Å². The average Bonchev–Trinajstić information content (AvgIpc) is 1.53. The number of nitrogen functional groups attached to an aromatic ring is 1. The number of nitrogens with zero attached hydrogens (tertiary/aromatic N) is 2. The van der Waals surface area contributed by atoms with E-state index in [4.69, 9.17) is 22.3 Å². The van der Waals surface area contributed by atoms with Crippen LogP contribution >= 0.6 is 193 Å². The minimum atomic E-state index is -0.308. The van der Waals surface area contributed by atoms with Gasteiger partial charge in [-0.15, -0.1) is 181 Å². The Morgan fingerprint density at radius 1 is 0.237 bits per heavy atom. The van der Waals surface area contributed by atoms with Crippen LogP contribution in [0.5, 0.6) is 0 Å². The van der Waals surface area contributed by atoms with Crippen molar-refractivity contribution in [1.29, 1.82) is 0 Å². The van der Waals surface area contributed by atoms with E-state index in [1.165, 1.54) is 195 Å². The number of aromatic amines is 1. The van der Waals surface area contributed by atoms with Crippen molar-refractivity contribution in [2.75, 3.05) is 5.73 Å². The summed E-state index contributed by atoms with van der Waals surface area (Å²) in [6, 6.07) is 102. The second-order valence-corrected chi connectivity index (χ2v) is 51.4. The molecular formula is C118H83ClN4S16. The number of pyridine rings is 2. The van der Waals surface area contributed by atoms with E-state index in [9.17, 15) is 0 Å². The molecule has 0 radical (unpaired) electrons. The highest BCUT2D eigenvalue weighted by molar-refractivity contribution is 7.25. The fourth-order valence-electron chi connectivity index (χ4n) is 22.6. The first kappa shape index (κ1) is 89.6. The van der Waals surface area contributed by atoms with Gasteiger partial charge in [-0.1, -0.05) is 145 Å². The van der Waals surface area contributed by atoms with E-state index < -0.39 is 0 Å². The molecule has 0 saturated carbocycles. The van der Waals surface area contributed by atoms with Gasteiger partial charge >= 0.3 is 0 Å². The van der Waals surface area contributed by atoms with E-state index in [0.717, 1.165) is 21.4 Å². The summed E-state index contributed by atoms with van der Waals surface area (Å²) in [4.78, 5) is 35.6. The molecule has 0 atom stereocenters. The van der Waals surface area contributed by atoms with Gasteiger partial charge in [0.25, 0.3) is 0 Å². The Hall–Kier alpha value is -10.8. The third kappa shape index (κ3) is 13.7. The van der Waals surface area contributed by atoms with Crippen LogP contribution in [0.2, 0.25) is 4.34 Å². The number of thiophene rings is 16. The third-order valence-corrected chi connectivity index (χ3v) is 45.8. The molecule has 0 aliphatic heterocycles. The first-order valence-corrected chi connectivity index (χ1v) is 59.9. The van der Waals surface area contributed by atoms with Gasteiger partial charge in [0.1, 0.15) is 0 Å². The Bertz CT molecular complexity index is 8120. The molecule has 24 aromatic rings. The van der Waals surface area contributed by atoms with Gasteiger partial charge in [-0.2, -0.15) is 0 Å². The number of H-pyrrole nitrogens is 1. The second kappa shape index (κ2) is 35.7. The topological polar surface area (TPSA) is 67.6 Å². The lowest BCUT2D eigenvalue weighted by atomic mass is 9.68. The zero-order chi connectivity index (χ0) is 93.6. The highest BCUT2D eigenvalue weighted by atomic mass is 35.5. The fourth-order valence-corrected chi connectivity index (χ4v) is 39.9. The summed E-state index contributed by atoms with van der Waals surface area (Å²) in [6.45, 7) is 11.7. The minimum absolute atomic E-state index is 0.00810. The molecule has 0 unspecified atom stereocenters. The molecule has 678 valence electrons. The number of anilines is 1. The van der Waals surface area contributed by atoms with Crippen LogP contribution in [0, 0.1) is 0 Å². The van der Waals surface area contributed by atoms with Crippen molar-refractivity contribution in [2.45, 2.75) is 72.5 Å². The van der Waals surface area contributed by atoms with Gasteiger partial charge in [0.05, 0.1) is 48.2 Å². The molecule has 19 aromatic heterocycles. The summed E-state index contributed by atoms with van der Waals surface area (Å²) >= 11 is 35.6. The van der Waals surface area contributed by atoms with Crippen LogP contribution in [0.15, 0.2) is 384 Å². The number of fused-ring (bicyclic) bond motifs is 22. The highest BCUT2D eigenvalue weighted by Gasteiger charge is 2.53. The maximum absolute atomic E-state index is 6.48.